The summed E-state index contributed by atoms with van der Waals surface area (Å²) < 4.78 is 0. The Labute approximate surface area is 120 Å². The molecule has 1 saturated heterocycles. The molecule has 0 amide bonds. The van der Waals surface area contributed by atoms with Crippen LogP contribution in [0.15, 0.2) is 24.3 Å². The number of aryl methyl sites for hydroxylation is 1. The molecule has 108 valence electrons. The Hall–Kier alpha value is -1.35. The molecule has 2 aliphatic rings. The third-order valence-corrected chi connectivity index (χ3v) is 5.43. The van der Waals surface area contributed by atoms with Gasteiger partial charge in [0, 0.05) is 6.04 Å². The zero-order chi connectivity index (χ0) is 14.2. The number of piperidine rings is 1. The summed E-state index contributed by atoms with van der Waals surface area (Å²) in [6, 6.07) is 9.21. The molecule has 20 heavy (non-hydrogen) atoms. The second-order valence-corrected chi connectivity index (χ2v) is 6.23. The Balaban J connectivity index is 1.72. The summed E-state index contributed by atoms with van der Waals surface area (Å²) in [5.41, 5.74) is 2.46. The van der Waals surface area contributed by atoms with E-state index in [0.29, 0.717) is 6.04 Å². The molecule has 1 atom stereocenters. The normalized spacial score (nSPS) is 25.4. The maximum absolute atomic E-state index is 11.5. The van der Waals surface area contributed by atoms with Crippen molar-refractivity contribution >= 4 is 5.97 Å². The van der Waals surface area contributed by atoms with Gasteiger partial charge in [-0.1, -0.05) is 31.2 Å². The van der Waals surface area contributed by atoms with Gasteiger partial charge in [-0.25, -0.2) is 0 Å². The maximum atomic E-state index is 11.5. The minimum Gasteiger partial charge on any atom is -0.481 e. The van der Waals surface area contributed by atoms with Crippen LogP contribution in [0, 0.1) is 5.41 Å². The number of hydrogen-bond acceptors (Lipinski definition) is 2. The lowest BCUT2D eigenvalue weighted by atomic mass is 9.76. The zero-order valence-corrected chi connectivity index (χ0v) is 12.1. The van der Waals surface area contributed by atoms with Gasteiger partial charge in [0.1, 0.15) is 0 Å². The van der Waals surface area contributed by atoms with E-state index in [1.165, 1.54) is 17.5 Å². The number of carbonyl (C=O) groups is 1. The lowest BCUT2D eigenvalue weighted by Crippen LogP contribution is -2.45. The zero-order valence-electron chi connectivity index (χ0n) is 12.1. The number of hydrogen-bond donors (Lipinski definition) is 1. The van der Waals surface area contributed by atoms with Crippen LogP contribution in [-0.2, 0) is 11.2 Å². The van der Waals surface area contributed by atoms with Gasteiger partial charge in [-0.05, 0) is 56.3 Å². The molecule has 1 aliphatic carbocycles. The first-order chi connectivity index (χ1) is 9.66. The highest BCUT2D eigenvalue weighted by Gasteiger charge is 2.41. The summed E-state index contributed by atoms with van der Waals surface area (Å²) in [5.74, 6) is -0.605. The monoisotopic (exact) mass is 273 g/mol. The first kappa shape index (κ1) is 13.6. The molecule has 0 aromatic heterocycles. The summed E-state index contributed by atoms with van der Waals surface area (Å²) >= 11 is 0. The summed E-state index contributed by atoms with van der Waals surface area (Å²) in [4.78, 5) is 14.0. The van der Waals surface area contributed by atoms with Gasteiger partial charge in [0.2, 0.25) is 0 Å². The van der Waals surface area contributed by atoms with Gasteiger partial charge in [-0.3, -0.25) is 9.69 Å². The summed E-state index contributed by atoms with van der Waals surface area (Å²) in [5, 5.41) is 9.48. The Morgan fingerprint density at radius 3 is 2.70 bits per heavy atom. The van der Waals surface area contributed by atoms with Crippen molar-refractivity contribution in [3.8, 4) is 0 Å². The van der Waals surface area contributed by atoms with Crippen LogP contribution in [0.4, 0.5) is 0 Å². The van der Waals surface area contributed by atoms with Gasteiger partial charge in [-0.15, -0.1) is 0 Å². The second-order valence-electron chi connectivity index (χ2n) is 6.23. The van der Waals surface area contributed by atoms with Gasteiger partial charge in [0.15, 0.2) is 0 Å². The van der Waals surface area contributed by atoms with Gasteiger partial charge in [0.05, 0.1) is 5.41 Å². The molecule has 0 spiro atoms. The smallest absolute Gasteiger partial charge is 0.309 e. The fraction of sp³-hybridized carbons (Fsp3) is 0.588. The molecule has 1 N–H and O–H groups in total. The molecule has 3 rings (SSSR count). The Morgan fingerprint density at radius 2 is 2.05 bits per heavy atom. The molecule has 1 unspecified atom stereocenters. The fourth-order valence-electron chi connectivity index (χ4n) is 3.90. The van der Waals surface area contributed by atoms with Crippen LogP contribution in [0.1, 0.15) is 49.8 Å². The van der Waals surface area contributed by atoms with E-state index < -0.39 is 11.4 Å². The first-order valence-corrected chi connectivity index (χ1v) is 7.71. The molecular weight excluding hydrogens is 250 g/mol. The van der Waals surface area contributed by atoms with Crippen LogP contribution in [0.3, 0.4) is 0 Å². The Bertz CT molecular complexity index is 503. The van der Waals surface area contributed by atoms with E-state index in [0.717, 1.165) is 38.8 Å². The highest BCUT2D eigenvalue weighted by Crippen LogP contribution is 2.41. The molecule has 0 saturated carbocycles. The van der Waals surface area contributed by atoms with E-state index in [1.807, 2.05) is 6.92 Å². The van der Waals surface area contributed by atoms with E-state index in [-0.39, 0.29) is 0 Å². The average molecular weight is 273 g/mol. The summed E-state index contributed by atoms with van der Waals surface area (Å²) in [6.07, 6.45) is 4.67. The van der Waals surface area contributed by atoms with Gasteiger partial charge in [0.25, 0.3) is 0 Å². The van der Waals surface area contributed by atoms with Crippen molar-refractivity contribution in [1.29, 1.82) is 0 Å². The summed E-state index contributed by atoms with van der Waals surface area (Å²) in [7, 11) is 0. The molecule has 1 aromatic rings. The predicted octanol–water partition coefficient (Wildman–Crippen LogP) is 3.25. The molecule has 1 heterocycles. The minimum atomic E-state index is -0.605. The minimum absolute atomic E-state index is 0.478. The van der Waals surface area contributed by atoms with Crippen molar-refractivity contribution in [3.05, 3.63) is 35.4 Å². The third-order valence-electron chi connectivity index (χ3n) is 5.43. The van der Waals surface area contributed by atoms with Crippen molar-refractivity contribution in [1.82, 2.24) is 4.90 Å². The van der Waals surface area contributed by atoms with Gasteiger partial charge in [-0.2, -0.15) is 0 Å². The molecule has 3 heteroatoms. The lowest BCUT2D eigenvalue weighted by Gasteiger charge is -2.41. The van der Waals surface area contributed by atoms with Crippen molar-refractivity contribution in [2.45, 2.75) is 45.1 Å². The number of benzene rings is 1. The number of aliphatic carboxylic acids is 1. The fourth-order valence-corrected chi connectivity index (χ4v) is 3.90. The SMILES string of the molecule is CCC1(C(=O)O)CCN(C2CCc3ccccc32)CC1. The molecule has 0 bridgehead atoms. The van der Waals surface area contributed by atoms with Crippen LogP contribution in [0.2, 0.25) is 0 Å². The maximum Gasteiger partial charge on any atom is 0.309 e. The van der Waals surface area contributed by atoms with E-state index in [9.17, 15) is 9.90 Å². The van der Waals surface area contributed by atoms with Crippen molar-refractivity contribution in [3.63, 3.8) is 0 Å². The van der Waals surface area contributed by atoms with Gasteiger partial charge < -0.3 is 5.11 Å². The highest BCUT2D eigenvalue weighted by atomic mass is 16.4. The number of fused-ring (bicyclic) bond motifs is 1. The number of carboxylic acids is 1. The molecule has 3 nitrogen and oxygen atoms in total. The Kier molecular flexibility index (Phi) is 3.55. The number of rotatable bonds is 3. The topological polar surface area (TPSA) is 40.5 Å². The molecule has 1 aliphatic heterocycles. The number of nitrogens with zero attached hydrogens (tertiary/aromatic N) is 1. The lowest BCUT2D eigenvalue weighted by molar-refractivity contribution is -0.152. The molecule has 1 aromatic carbocycles. The first-order valence-electron chi connectivity index (χ1n) is 7.71. The number of likely N-dealkylation sites (tertiary alicyclic amines) is 1. The number of carboxylic acid groups (broad SMARTS) is 1. The van der Waals surface area contributed by atoms with Crippen LogP contribution in [0.5, 0.6) is 0 Å². The largest absolute Gasteiger partial charge is 0.481 e. The van der Waals surface area contributed by atoms with Crippen LogP contribution < -0.4 is 0 Å². The van der Waals surface area contributed by atoms with Gasteiger partial charge >= 0.3 is 5.97 Å². The highest BCUT2D eigenvalue weighted by molar-refractivity contribution is 5.74. The van der Waals surface area contributed by atoms with Crippen LogP contribution in [0.25, 0.3) is 0 Å². The van der Waals surface area contributed by atoms with E-state index >= 15 is 0 Å². The molecular formula is C17H23NO2. The van der Waals surface area contributed by atoms with E-state index in [1.54, 1.807) is 0 Å². The van der Waals surface area contributed by atoms with E-state index in [2.05, 4.69) is 29.2 Å². The quantitative estimate of drug-likeness (QED) is 0.919. The molecule has 1 fully saturated rings. The summed E-state index contributed by atoms with van der Waals surface area (Å²) in [6.45, 7) is 3.84. The molecule has 0 radical (unpaired) electrons. The van der Waals surface area contributed by atoms with Crippen molar-refractivity contribution < 1.29 is 9.90 Å². The Morgan fingerprint density at radius 1 is 1.35 bits per heavy atom. The standard InChI is InChI=1S/C17H23NO2/c1-2-17(16(19)20)9-11-18(12-10-17)15-8-7-13-5-3-4-6-14(13)15/h3-6,15H,2,7-12H2,1H3,(H,19,20). The average Bonchev–Trinajstić information content (AvgIpc) is 2.91. The van der Waals surface area contributed by atoms with Crippen LogP contribution >= 0.6 is 0 Å². The third kappa shape index (κ3) is 2.14. The van der Waals surface area contributed by atoms with Crippen LogP contribution in [-0.4, -0.2) is 29.1 Å². The second kappa shape index (κ2) is 5.21. The van der Waals surface area contributed by atoms with E-state index in [4.69, 9.17) is 0 Å². The predicted molar refractivity (Wildman–Crippen MR) is 78.7 cm³/mol. The van der Waals surface area contributed by atoms with Crippen molar-refractivity contribution in [2.24, 2.45) is 5.41 Å². The van der Waals surface area contributed by atoms with Crippen molar-refractivity contribution in [2.75, 3.05) is 13.1 Å².